The lowest BCUT2D eigenvalue weighted by Gasteiger charge is -2.36. The van der Waals surface area contributed by atoms with Gasteiger partial charge >= 0.3 is 6.09 Å². The van der Waals surface area contributed by atoms with Gasteiger partial charge < -0.3 is 15.8 Å². The molecule has 3 N–H and O–H groups in total. The molecule has 2 aromatic rings. The van der Waals surface area contributed by atoms with Crippen molar-refractivity contribution >= 4 is 17.5 Å². The van der Waals surface area contributed by atoms with Crippen LogP contribution in [0.2, 0.25) is 0 Å². The lowest BCUT2D eigenvalue weighted by atomic mass is 10.0. The molecule has 2 aromatic carbocycles. The molecule has 2 atom stereocenters. The Bertz CT molecular complexity index is 758. The number of hydrogen-bond donors (Lipinski definition) is 2. The fourth-order valence-electron chi connectivity index (χ4n) is 3.04. The maximum Gasteiger partial charge on any atom is 0.415 e. The topological polar surface area (TPSA) is 67.6 Å². The summed E-state index contributed by atoms with van der Waals surface area (Å²) < 4.78 is 33.3. The molecule has 0 aromatic heterocycles. The van der Waals surface area contributed by atoms with Gasteiger partial charge in [-0.15, -0.1) is 0 Å². The van der Waals surface area contributed by atoms with Crippen molar-refractivity contribution in [1.82, 2.24) is 5.32 Å². The average Bonchev–Trinajstić information content (AvgIpc) is 2.64. The fraction of sp³-hybridized carbons (Fsp3) is 0.316. The predicted octanol–water partition coefficient (Wildman–Crippen LogP) is 3.25. The largest absolute Gasteiger partial charge is 0.444 e. The van der Waals surface area contributed by atoms with E-state index in [0.29, 0.717) is 13.0 Å². The Morgan fingerprint density at radius 1 is 1.27 bits per heavy atom. The Morgan fingerprint density at radius 2 is 2.04 bits per heavy atom. The molecule has 1 saturated heterocycles. The van der Waals surface area contributed by atoms with Crippen molar-refractivity contribution < 1.29 is 18.3 Å². The van der Waals surface area contributed by atoms with E-state index in [1.165, 1.54) is 17.0 Å². The second-order valence-electron chi connectivity index (χ2n) is 6.19. The first-order valence-electron chi connectivity index (χ1n) is 8.46. The third-order valence-corrected chi connectivity index (χ3v) is 4.36. The van der Waals surface area contributed by atoms with Crippen LogP contribution in [0.4, 0.5) is 25.0 Å². The smallest absolute Gasteiger partial charge is 0.415 e. The molecule has 1 amide bonds. The lowest BCUT2D eigenvalue weighted by molar-refractivity contribution is 0.135. The summed E-state index contributed by atoms with van der Waals surface area (Å²) in [5.41, 5.74) is 7.02. The Hall–Kier alpha value is -2.67. The number of nitrogens with one attached hydrogen (secondary N) is 1. The number of hydrogen-bond acceptors (Lipinski definition) is 4. The van der Waals surface area contributed by atoms with Crippen molar-refractivity contribution in [2.75, 3.05) is 23.7 Å². The molecule has 5 nitrogen and oxygen atoms in total. The summed E-state index contributed by atoms with van der Waals surface area (Å²) in [6.45, 7) is 0.752. The number of piperidine rings is 1. The summed E-state index contributed by atoms with van der Waals surface area (Å²) in [5.74, 6) is -0.522. The summed E-state index contributed by atoms with van der Waals surface area (Å²) in [7, 11) is 0. The number of nitrogens with two attached hydrogens (primary N) is 1. The number of rotatable bonds is 4. The number of ether oxygens (including phenoxy) is 1. The highest BCUT2D eigenvalue weighted by atomic mass is 19.1. The van der Waals surface area contributed by atoms with Gasteiger partial charge in [0.2, 0.25) is 0 Å². The van der Waals surface area contributed by atoms with Gasteiger partial charge in [-0.2, -0.15) is 0 Å². The zero-order chi connectivity index (χ0) is 18.5. The molecule has 1 aliphatic rings. The van der Waals surface area contributed by atoms with E-state index in [4.69, 9.17) is 10.5 Å². The second kappa shape index (κ2) is 8.14. The third-order valence-electron chi connectivity index (χ3n) is 4.36. The molecule has 0 saturated carbocycles. The first-order valence-corrected chi connectivity index (χ1v) is 8.46. The van der Waals surface area contributed by atoms with E-state index in [1.54, 1.807) is 0 Å². The number of anilines is 2. The number of nitrogen functional groups attached to an aromatic ring is 1. The van der Waals surface area contributed by atoms with Crippen LogP contribution in [0, 0.1) is 5.82 Å². The molecule has 1 heterocycles. The molecule has 26 heavy (non-hydrogen) atoms. The van der Waals surface area contributed by atoms with Crippen molar-refractivity contribution in [1.29, 1.82) is 0 Å². The molecule has 7 heteroatoms. The van der Waals surface area contributed by atoms with Gasteiger partial charge in [0.15, 0.2) is 0 Å². The normalized spacial score (nSPS) is 19.8. The minimum absolute atomic E-state index is 0.0548. The van der Waals surface area contributed by atoms with E-state index >= 15 is 0 Å². The van der Waals surface area contributed by atoms with Crippen LogP contribution >= 0.6 is 0 Å². The molecular formula is C19H21F2N3O2. The number of carbonyl (C=O) groups is 1. The van der Waals surface area contributed by atoms with Gasteiger partial charge in [0.1, 0.15) is 18.6 Å². The van der Waals surface area contributed by atoms with Gasteiger partial charge in [0.25, 0.3) is 0 Å². The molecule has 0 bridgehead atoms. The summed E-state index contributed by atoms with van der Waals surface area (Å²) in [6.07, 6.45) is -1.59. The molecule has 1 aliphatic heterocycles. The van der Waals surface area contributed by atoms with Gasteiger partial charge in [-0.05, 0) is 36.7 Å². The monoisotopic (exact) mass is 361 g/mol. The first-order chi connectivity index (χ1) is 12.6. The average molecular weight is 361 g/mol. The minimum Gasteiger partial charge on any atom is -0.444 e. The molecule has 0 aliphatic carbocycles. The van der Waals surface area contributed by atoms with Crippen molar-refractivity contribution in [3.8, 4) is 0 Å². The Labute approximate surface area is 150 Å². The highest BCUT2D eigenvalue weighted by molar-refractivity contribution is 5.92. The maximum atomic E-state index is 14.5. The van der Waals surface area contributed by atoms with Crippen LogP contribution in [0.1, 0.15) is 12.0 Å². The molecule has 0 radical (unpaired) electrons. The van der Waals surface area contributed by atoms with Gasteiger partial charge in [0.05, 0.1) is 17.4 Å². The van der Waals surface area contributed by atoms with Crippen LogP contribution in [0.5, 0.6) is 0 Å². The number of halogens is 2. The van der Waals surface area contributed by atoms with E-state index in [9.17, 15) is 13.6 Å². The van der Waals surface area contributed by atoms with Crippen LogP contribution in [-0.4, -0.2) is 31.4 Å². The van der Waals surface area contributed by atoms with Crippen molar-refractivity contribution in [3.63, 3.8) is 0 Å². The molecule has 2 unspecified atom stereocenters. The zero-order valence-corrected chi connectivity index (χ0v) is 14.2. The van der Waals surface area contributed by atoms with Crippen LogP contribution in [-0.2, 0) is 11.3 Å². The molecule has 3 rings (SSSR count). The van der Waals surface area contributed by atoms with Gasteiger partial charge in [0, 0.05) is 6.54 Å². The van der Waals surface area contributed by atoms with Gasteiger partial charge in [-0.25, -0.2) is 13.6 Å². The Morgan fingerprint density at radius 3 is 2.73 bits per heavy atom. The highest BCUT2D eigenvalue weighted by Crippen LogP contribution is 2.30. The summed E-state index contributed by atoms with van der Waals surface area (Å²) in [5, 5.41) is 2.95. The third kappa shape index (κ3) is 4.11. The minimum atomic E-state index is -1.28. The maximum absolute atomic E-state index is 14.5. The molecule has 138 valence electrons. The number of carbonyl (C=O) groups excluding carboxylic acids is 1. The van der Waals surface area contributed by atoms with Gasteiger partial charge in [-0.1, -0.05) is 30.3 Å². The first kappa shape index (κ1) is 18.1. The number of nitrogens with zero attached hydrogens (tertiary/aromatic N) is 1. The van der Waals surface area contributed by atoms with E-state index in [2.05, 4.69) is 5.32 Å². The zero-order valence-electron chi connectivity index (χ0n) is 14.2. The van der Waals surface area contributed by atoms with Crippen LogP contribution < -0.4 is 16.0 Å². The van der Waals surface area contributed by atoms with Crippen molar-refractivity contribution in [2.45, 2.75) is 25.2 Å². The van der Waals surface area contributed by atoms with E-state index in [1.807, 2.05) is 30.3 Å². The van der Waals surface area contributed by atoms with Crippen LogP contribution in [0.3, 0.4) is 0 Å². The standard InChI is InChI=1S/C19H21F2N3O2/c20-14-6-7-18(16(22)10-14)24(17-8-9-23-11-15(17)21)19(25)26-12-13-4-2-1-3-5-13/h1-7,10,15,17,23H,8-9,11-12,22H2. The van der Waals surface area contributed by atoms with Gasteiger partial charge in [-0.3, -0.25) is 4.90 Å². The highest BCUT2D eigenvalue weighted by Gasteiger charge is 2.36. The summed E-state index contributed by atoms with van der Waals surface area (Å²) >= 11 is 0. The lowest BCUT2D eigenvalue weighted by Crippen LogP contribution is -2.53. The Kier molecular flexibility index (Phi) is 5.68. The second-order valence-corrected chi connectivity index (χ2v) is 6.19. The van der Waals surface area contributed by atoms with Crippen LogP contribution in [0.25, 0.3) is 0 Å². The number of benzene rings is 2. The molecule has 1 fully saturated rings. The molecule has 0 spiro atoms. The van der Waals surface area contributed by atoms with Crippen molar-refractivity contribution in [2.24, 2.45) is 0 Å². The van der Waals surface area contributed by atoms with Crippen molar-refractivity contribution in [3.05, 3.63) is 59.9 Å². The van der Waals surface area contributed by atoms with Crippen LogP contribution in [0.15, 0.2) is 48.5 Å². The molecular weight excluding hydrogens is 340 g/mol. The number of amides is 1. The van der Waals surface area contributed by atoms with E-state index < -0.39 is 24.1 Å². The summed E-state index contributed by atoms with van der Waals surface area (Å²) in [6, 6.07) is 12.1. The summed E-state index contributed by atoms with van der Waals surface area (Å²) in [4.78, 5) is 14.0. The SMILES string of the molecule is Nc1cc(F)ccc1N(C(=O)OCc1ccccc1)C1CCNCC1F. The van der Waals surface area contributed by atoms with E-state index in [-0.39, 0.29) is 24.5 Å². The fourth-order valence-corrected chi connectivity index (χ4v) is 3.04. The Balaban J connectivity index is 1.85. The van der Waals surface area contributed by atoms with E-state index in [0.717, 1.165) is 11.6 Å². The number of alkyl halides is 1. The predicted molar refractivity (Wildman–Crippen MR) is 96.1 cm³/mol. The quantitative estimate of drug-likeness (QED) is 0.821.